The van der Waals surface area contributed by atoms with Crippen LogP contribution in [0.1, 0.15) is 25.5 Å². The molecule has 0 aliphatic carbocycles. The van der Waals surface area contributed by atoms with Gasteiger partial charge < -0.3 is 5.32 Å². The quantitative estimate of drug-likeness (QED) is 0.789. The monoisotopic (exact) mass is 199 g/mol. The summed E-state index contributed by atoms with van der Waals surface area (Å²) < 4.78 is 25.6. The molecule has 1 atom stereocenters. The molecule has 0 amide bonds. The summed E-state index contributed by atoms with van der Waals surface area (Å²) in [4.78, 5) is 0. The van der Waals surface area contributed by atoms with Crippen LogP contribution in [0.3, 0.4) is 0 Å². The third-order valence-electron chi connectivity index (χ3n) is 2.28. The fourth-order valence-corrected chi connectivity index (χ4v) is 1.59. The average molecular weight is 199 g/mol. The lowest BCUT2D eigenvalue weighted by Gasteiger charge is -2.20. The summed E-state index contributed by atoms with van der Waals surface area (Å²) in [5.41, 5.74) is 0.779. The molecule has 0 radical (unpaired) electrons. The lowest BCUT2D eigenvalue weighted by atomic mass is 9.96. The van der Waals surface area contributed by atoms with Crippen LogP contribution in [0.15, 0.2) is 18.2 Å². The van der Waals surface area contributed by atoms with Gasteiger partial charge in [-0.25, -0.2) is 8.78 Å². The minimum Gasteiger partial charge on any atom is -0.313 e. The van der Waals surface area contributed by atoms with Crippen LogP contribution in [0, 0.1) is 17.6 Å². The largest absolute Gasteiger partial charge is 0.313 e. The SMILES string of the molecule is CNC(c1ccc(F)c(F)c1)C(C)C. The van der Waals surface area contributed by atoms with E-state index in [-0.39, 0.29) is 6.04 Å². The maximum Gasteiger partial charge on any atom is 0.159 e. The molecule has 0 aliphatic rings. The third kappa shape index (κ3) is 2.29. The first-order valence-corrected chi connectivity index (χ1v) is 4.68. The number of hydrogen-bond donors (Lipinski definition) is 1. The summed E-state index contributed by atoms with van der Waals surface area (Å²) in [6.07, 6.45) is 0. The minimum atomic E-state index is -0.799. The number of hydrogen-bond acceptors (Lipinski definition) is 1. The molecule has 1 unspecified atom stereocenters. The van der Waals surface area contributed by atoms with Gasteiger partial charge in [0.05, 0.1) is 0 Å². The Morgan fingerprint density at radius 3 is 2.21 bits per heavy atom. The van der Waals surface area contributed by atoms with E-state index in [1.165, 1.54) is 6.07 Å². The zero-order valence-corrected chi connectivity index (χ0v) is 8.64. The van der Waals surface area contributed by atoms with E-state index < -0.39 is 11.6 Å². The zero-order chi connectivity index (χ0) is 10.7. The summed E-state index contributed by atoms with van der Waals surface area (Å²) in [5, 5.41) is 3.08. The Kier molecular flexibility index (Phi) is 3.58. The number of nitrogens with one attached hydrogen (secondary N) is 1. The zero-order valence-electron chi connectivity index (χ0n) is 8.64. The van der Waals surface area contributed by atoms with Crippen molar-refractivity contribution in [2.24, 2.45) is 5.92 Å². The predicted molar refractivity (Wildman–Crippen MR) is 53.0 cm³/mol. The lowest BCUT2D eigenvalue weighted by Crippen LogP contribution is -2.21. The molecular weight excluding hydrogens is 184 g/mol. The fourth-order valence-electron chi connectivity index (χ4n) is 1.59. The van der Waals surface area contributed by atoms with Gasteiger partial charge in [-0.3, -0.25) is 0 Å². The maximum absolute atomic E-state index is 12.9. The maximum atomic E-state index is 12.9. The topological polar surface area (TPSA) is 12.0 Å². The minimum absolute atomic E-state index is 0.0603. The van der Waals surface area contributed by atoms with Gasteiger partial charge in [0.1, 0.15) is 0 Å². The fraction of sp³-hybridized carbons (Fsp3) is 0.455. The van der Waals surface area contributed by atoms with Crippen molar-refractivity contribution in [3.05, 3.63) is 35.4 Å². The molecule has 3 heteroatoms. The third-order valence-corrected chi connectivity index (χ3v) is 2.28. The molecule has 0 aromatic heterocycles. The Labute approximate surface area is 83.1 Å². The van der Waals surface area contributed by atoms with Gasteiger partial charge in [0.15, 0.2) is 11.6 Å². The van der Waals surface area contributed by atoms with E-state index in [9.17, 15) is 8.78 Å². The second-order valence-electron chi connectivity index (χ2n) is 3.68. The van der Waals surface area contributed by atoms with Crippen LogP contribution in [-0.4, -0.2) is 7.05 Å². The van der Waals surface area contributed by atoms with Crippen LogP contribution >= 0.6 is 0 Å². The van der Waals surface area contributed by atoms with E-state index in [2.05, 4.69) is 5.32 Å². The van der Waals surface area contributed by atoms with Crippen LogP contribution in [-0.2, 0) is 0 Å². The Bertz CT molecular complexity index is 310. The van der Waals surface area contributed by atoms with E-state index in [1.807, 2.05) is 20.9 Å². The lowest BCUT2D eigenvalue weighted by molar-refractivity contribution is 0.436. The number of rotatable bonds is 3. The summed E-state index contributed by atoms with van der Waals surface area (Å²) in [7, 11) is 1.81. The molecule has 0 fully saturated rings. The molecule has 1 rings (SSSR count). The van der Waals surface area contributed by atoms with Crippen LogP contribution < -0.4 is 5.32 Å². The van der Waals surface area contributed by atoms with Gasteiger partial charge in [-0.1, -0.05) is 19.9 Å². The van der Waals surface area contributed by atoms with Crippen molar-refractivity contribution in [3.63, 3.8) is 0 Å². The molecule has 0 bridgehead atoms. The van der Waals surface area contributed by atoms with Crippen molar-refractivity contribution in [2.75, 3.05) is 7.05 Å². The van der Waals surface area contributed by atoms with Crippen LogP contribution in [0.2, 0.25) is 0 Å². The summed E-state index contributed by atoms with van der Waals surface area (Å²) in [6.45, 7) is 4.06. The van der Waals surface area contributed by atoms with E-state index in [4.69, 9.17) is 0 Å². The molecule has 0 aliphatic heterocycles. The van der Waals surface area contributed by atoms with Gasteiger partial charge in [0, 0.05) is 6.04 Å². The van der Waals surface area contributed by atoms with Crippen molar-refractivity contribution in [2.45, 2.75) is 19.9 Å². The molecule has 14 heavy (non-hydrogen) atoms. The molecular formula is C11H15F2N. The highest BCUT2D eigenvalue weighted by atomic mass is 19.2. The van der Waals surface area contributed by atoms with Gasteiger partial charge in [-0.05, 0) is 30.7 Å². The summed E-state index contributed by atoms with van der Waals surface area (Å²) in [6, 6.07) is 4.08. The van der Waals surface area contributed by atoms with Crippen molar-refractivity contribution < 1.29 is 8.78 Å². The first-order chi connectivity index (χ1) is 6.56. The van der Waals surface area contributed by atoms with Gasteiger partial charge in [0.25, 0.3) is 0 Å². The van der Waals surface area contributed by atoms with Crippen molar-refractivity contribution in [3.8, 4) is 0 Å². The highest BCUT2D eigenvalue weighted by Gasteiger charge is 2.14. The molecule has 1 nitrogen and oxygen atoms in total. The van der Waals surface area contributed by atoms with E-state index >= 15 is 0 Å². The number of halogens is 2. The van der Waals surface area contributed by atoms with Gasteiger partial charge in [0.2, 0.25) is 0 Å². The van der Waals surface area contributed by atoms with Crippen LogP contribution in [0.4, 0.5) is 8.78 Å². The van der Waals surface area contributed by atoms with Crippen LogP contribution in [0.5, 0.6) is 0 Å². The Morgan fingerprint density at radius 2 is 1.79 bits per heavy atom. The molecule has 1 aromatic rings. The normalized spacial score (nSPS) is 13.3. The first kappa shape index (κ1) is 11.1. The molecule has 78 valence electrons. The smallest absolute Gasteiger partial charge is 0.159 e. The number of benzene rings is 1. The first-order valence-electron chi connectivity index (χ1n) is 4.68. The summed E-state index contributed by atoms with van der Waals surface area (Å²) >= 11 is 0. The molecule has 0 spiro atoms. The standard InChI is InChI=1S/C11H15F2N/c1-7(2)11(14-3)8-4-5-9(12)10(13)6-8/h4-7,11,14H,1-3H3. The average Bonchev–Trinajstić information content (AvgIpc) is 2.11. The van der Waals surface area contributed by atoms with Crippen molar-refractivity contribution >= 4 is 0 Å². The molecule has 0 saturated carbocycles. The second-order valence-corrected chi connectivity index (χ2v) is 3.68. The van der Waals surface area contributed by atoms with Crippen LogP contribution in [0.25, 0.3) is 0 Å². The Hall–Kier alpha value is -0.960. The molecule has 0 saturated heterocycles. The van der Waals surface area contributed by atoms with Crippen molar-refractivity contribution in [1.29, 1.82) is 0 Å². The molecule has 1 N–H and O–H groups in total. The van der Waals surface area contributed by atoms with Gasteiger partial charge in [-0.2, -0.15) is 0 Å². The highest BCUT2D eigenvalue weighted by Crippen LogP contribution is 2.22. The van der Waals surface area contributed by atoms with Crippen molar-refractivity contribution in [1.82, 2.24) is 5.32 Å². The highest BCUT2D eigenvalue weighted by molar-refractivity contribution is 5.21. The summed E-state index contributed by atoms with van der Waals surface area (Å²) in [5.74, 6) is -1.25. The molecule has 0 heterocycles. The van der Waals surface area contributed by atoms with Gasteiger partial charge >= 0.3 is 0 Å². The Morgan fingerprint density at radius 1 is 1.14 bits per heavy atom. The molecule has 1 aromatic carbocycles. The van der Waals surface area contributed by atoms with Gasteiger partial charge in [-0.15, -0.1) is 0 Å². The predicted octanol–water partition coefficient (Wildman–Crippen LogP) is 2.88. The second kappa shape index (κ2) is 4.51. The Balaban J connectivity index is 3.00. The van der Waals surface area contributed by atoms with E-state index in [1.54, 1.807) is 6.07 Å². The van der Waals surface area contributed by atoms with E-state index in [0.717, 1.165) is 11.6 Å². The van der Waals surface area contributed by atoms with E-state index in [0.29, 0.717) is 5.92 Å².